The van der Waals surface area contributed by atoms with E-state index >= 15 is 0 Å². The molecule has 0 saturated carbocycles. The fraction of sp³-hybridized carbons (Fsp3) is 0.800. The fourth-order valence-corrected chi connectivity index (χ4v) is 2.44. The fourth-order valence-electron chi connectivity index (χ4n) is 1.37. The minimum absolute atomic E-state index is 0.300. The zero-order valence-electron chi connectivity index (χ0n) is 9.20. The van der Waals surface area contributed by atoms with Gasteiger partial charge in [-0.2, -0.15) is 4.37 Å². The van der Waals surface area contributed by atoms with Crippen LogP contribution in [0, 0.1) is 3.70 Å². The molecule has 86 valence electrons. The van der Waals surface area contributed by atoms with Gasteiger partial charge in [-0.3, -0.25) is 0 Å². The molecule has 1 aromatic heterocycles. The Kier molecular flexibility index (Phi) is 6.47. The normalized spacial score (nSPS) is 12.7. The van der Waals surface area contributed by atoms with Crippen LogP contribution < -0.4 is 4.74 Å². The first-order valence-corrected chi connectivity index (χ1v) is 7.23. The summed E-state index contributed by atoms with van der Waals surface area (Å²) in [5.74, 6) is 0.712. The second kappa shape index (κ2) is 7.38. The second-order valence-electron chi connectivity index (χ2n) is 3.50. The number of ether oxygens (including phenoxy) is 1. The molecule has 0 spiro atoms. The van der Waals surface area contributed by atoms with Crippen molar-refractivity contribution in [1.82, 2.24) is 8.75 Å². The lowest BCUT2D eigenvalue weighted by atomic mass is 10.1. The van der Waals surface area contributed by atoms with E-state index in [9.17, 15) is 0 Å². The van der Waals surface area contributed by atoms with Gasteiger partial charge in [0.1, 0.15) is 6.10 Å². The van der Waals surface area contributed by atoms with Crippen molar-refractivity contribution >= 4 is 34.3 Å². The molecule has 0 radical (unpaired) electrons. The zero-order chi connectivity index (χ0) is 11.1. The van der Waals surface area contributed by atoms with Crippen molar-refractivity contribution in [2.75, 3.05) is 0 Å². The minimum Gasteiger partial charge on any atom is -0.472 e. The third-order valence-corrected chi connectivity index (χ3v) is 3.83. The molecule has 0 aliphatic rings. The quantitative estimate of drug-likeness (QED) is 0.558. The maximum atomic E-state index is 5.81. The van der Waals surface area contributed by atoms with Gasteiger partial charge in [0, 0.05) is 0 Å². The Morgan fingerprint density at radius 1 is 1.33 bits per heavy atom. The number of rotatable bonds is 7. The van der Waals surface area contributed by atoms with Crippen LogP contribution in [0.1, 0.15) is 46.0 Å². The summed E-state index contributed by atoms with van der Waals surface area (Å²) in [5.41, 5.74) is 0. The maximum absolute atomic E-state index is 5.81. The number of aromatic nitrogens is 2. The molecule has 15 heavy (non-hydrogen) atoms. The van der Waals surface area contributed by atoms with Crippen LogP contribution in [0.5, 0.6) is 5.88 Å². The Balaban J connectivity index is 2.36. The number of unbranched alkanes of at least 4 members (excludes halogenated alkanes) is 2. The Morgan fingerprint density at radius 2 is 2.13 bits per heavy atom. The Bertz CT molecular complexity index is 280. The lowest BCUT2D eigenvalue weighted by Gasteiger charge is -2.15. The van der Waals surface area contributed by atoms with E-state index in [-0.39, 0.29) is 0 Å². The molecule has 0 N–H and O–H groups in total. The highest BCUT2D eigenvalue weighted by Gasteiger charge is 2.12. The van der Waals surface area contributed by atoms with Crippen LogP contribution in [-0.2, 0) is 0 Å². The van der Waals surface area contributed by atoms with Crippen LogP contribution in [0.15, 0.2) is 0 Å². The maximum Gasteiger partial charge on any atom is 0.260 e. The summed E-state index contributed by atoms with van der Waals surface area (Å²) in [6.45, 7) is 4.37. The predicted molar refractivity (Wildman–Crippen MR) is 71.5 cm³/mol. The lowest BCUT2D eigenvalue weighted by molar-refractivity contribution is 0.175. The van der Waals surface area contributed by atoms with Crippen molar-refractivity contribution in [2.45, 2.75) is 52.1 Å². The van der Waals surface area contributed by atoms with E-state index in [0.29, 0.717) is 12.0 Å². The topological polar surface area (TPSA) is 35.0 Å². The second-order valence-corrected chi connectivity index (χ2v) is 5.05. The smallest absolute Gasteiger partial charge is 0.260 e. The van der Waals surface area contributed by atoms with Crippen LogP contribution in [0.2, 0.25) is 0 Å². The highest BCUT2D eigenvalue weighted by atomic mass is 127. The molecule has 0 aliphatic carbocycles. The summed E-state index contributed by atoms with van der Waals surface area (Å²) >= 11 is 3.38. The summed E-state index contributed by atoms with van der Waals surface area (Å²) in [5, 5.41) is 0. The van der Waals surface area contributed by atoms with Crippen molar-refractivity contribution in [1.29, 1.82) is 0 Å². The van der Waals surface area contributed by atoms with Crippen molar-refractivity contribution in [3.05, 3.63) is 3.70 Å². The molecular weight excluding hydrogens is 323 g/mol. The van der Waals surface area contributed by atoms with E-state index in [1.54, 1.807) is 0 Å². The molecule has 0 aliphatic heterocycles. The summed E-state index contributed by atoms with van der Waals surface area (Å²) in [7, 11) is 0. The van der Waals surface area contributed by atoms with Gasteiger partial charge in [0.25, 0.3) is 5.88 Å². The summed E-state index contributed by atoms with van der Waals surface area (Å²) in [6, 6.07) is 0. The molecule has 3 nitrogen and oxygen atoms in total. The largest absolute Gasteiger partial charge is 0.472 e. The Hall–Kier alpha value is 0.0900. The summed E-state index contributed by atoms with van der Waals surface area (Å²) in [4.78, 5) is 0. The van der Waals surface area contributed by atoms with Crippen LogP contribution in [0.25, 0.3) is 0 Å². The number of halogens is 1. The van der Waals surface area contributed by atoms with E-state index in [1.807, 2.05) is 0 Å². The van der Waals surface area contributed by atoms with Crippen LogP contribution in [0.4, 0.5) is 0 Å². The van der Waals surface area contributed by atoms with Gasteiger partial charge >= 0.3 is 0 Å². The molecule has 1 aromatic rings. The third kappa shape index (κ3) is 4.63. The molecule has 0 aromatic carbocycles. The summed E-state index contributed by atoms with van der Waals surface area (Å²) < 4.78 is 14.9. The molecule has 1 atom stereocenters. The molecule has 0 saturated heterocycles. The average molecular weight is 340 g/mol. The SMILES string of the molecule is CCCCCC(CC)Oc1nsnc1I. The molecule has 1 unspecified atom stereocenters. The van der Waals surface area contributed by atoms with Gasteiger partial charge < -0.3 is 4.74 Å². The first kappa shape index (κ1) is 13.2. The molecule has 0 bridgehead atoms. The predicted octanol–water partition coefficient (Wildman–Crippen LogP) is 3.88. The molecule has 1 heterocycles. The van der Waals surface area contributed by atoms with E-state index in [4.69, 9.17) is 4.74 Å². The van der Waals surface area contributed by atoms with E-state index < -0.39 is 0 Å². The van der Waals surface area contributed by atoms with Crippen LogP contribution in [-0.4, -0.2) is 14.9 Å². The van der Waals surface area contributed by atoms with E-state index in [1.165, 1.54) is 31.0 Å². The highest BCUT2D eigenvalue weighted by Crippen LogP contribution is 2.21. The minimum atomic E-state index is 0.300. The van der Waals surface area contributed by atoms with Crippen LogP contribution >= 0.6 is 34.3 Å². The summed E-state index contributed by atoms with van der Waals surface area (Å²) in [6.07, 6.45) is 6.24. The zero-order valence-corrected chi connectivity index (χ0v) is 12.2. The van der Waals surface area contributed by atoms with Crippen molar-refractivity contribution in [3.8, 4) is 5.88 Å². The number of hydrogen-bond donors (Lipinski definition) is 0. The first-order valence-electron chi connectivity index (χ1n) is 5.42. The van der Waals surface area contributed by atoms with E-state index in [2.05, 4.69) is 45.2 Å². The molecule has 0 amide bonds. The van der Waals surface area contributed by atoms with Crippen molar-refractivity contribution in [3.63, 3.8) is 0 Å². The average Bonchev–Trinajstić information content (AvgIpc) is 2.63. The monoisotopic (exact) mass is 340 g/mol. The van der Waals surface area contributed by atoms with Gasteiger partial charge in [0.15, 0.2) is 3.70 Å². The number of nitrogens with zero attached hydrogens (tertiary/aromatic N) is 2. The van der Waals surface area contributed by atoms with Gasteiger partial charge in [0.2, 0.25) is 0 Å². The first-order chi connectivity index (χ1) is 7.27. The molecule has 0 fully saturated rings. The molecule has 1 rings (SSSR count). The van der Waals surface area contributed by atoms with Crippen molar-refractivity contribution in [2.24, 2.45) is 0 Å². The van der Waals surface area contributed by atoms with Gasteiger partial charge in [-0.15, -0.1) is 4.37 Å². The van der Waals surface area contributed by atoms with Gasteiger partial charge in [-0.25, -0.2) is 0 Å². The molecule has 5 heteroatoms. The highest BCUT2D eigenvalue weighted by molar-refractivity contribution is 14.1. The van der Waals surface area contributed by atoms with Gasteiger partial charge in [0.05, 0.1) is 11.7 Å². The molecular formula is C10H17IN2OS. The standard InChI is InChI=1S/C10H17IN2OS/c1-3-5-6-7-8(4-2)14-10-9(11)12-15-13-10/h8H,3-7H2,1-2H3. The lowest BCUT2D eigenvalue weighted by Crippen LogP contribution is -2.15. The van der Waals surface area contributed by atoms with Gasteiger partial charge in [-0.05, 0) is 41.9 Å². The van der Waals surface area contributed by atoms with Crippen molar-refractivity contribution < 1.29 is 4.74 Å². The van der Waals surface area contributed by atoms with E-state index in [0.717, 1.165) is 16.5 Å². The Morgan fingerprint density at radius 3 is 2.67 bits per heavy atom. The number of hydrogen-bond acceptors (Lipinski definition) is 4. The van der Waals surface area contributed by atoms with Gasteiger partial charge in [-0.1, -0.05) is 26.7 Å². The van der Waals surface area contributed by atoms with Crippen LogP contribution in [0.3, 0.4) is 0 Å². The Labute approximate surface area is 109 Å². The third-order valence-electron chi connectivity index (χ3n) is 2.28.